The third-order valence-corrected chi connectivity index (χ3v) is 17.2. The van der Waals surface area contributed by atoms with Gasteiger partial charge in [-0.3, -0.25) is 4.79 Å². The molecule has 0 aliphatic carbocycles. The van der Waals surface area contributed by atoms with Gasteiger partial charge in [-0.1, -0.05) is 281 Å². The quantitative estimate of drug-likeness (QED) is 0.0204. The minimum atomic E-state index is -1.79. The van der Waals surface area contributed by atoms with Crippen LogP contribution in [0.25, 0.3) is 0 Å². The van der Waals surface area contributed by atoms with Gasteiger partial charge < -0.3 is 65.1 Å². The number of carbonyl (C=O) groups excluding carboxylic acids is 1. The second kappa shape index (κ2) is 56.0. The van der Waals surface area contributed by atoms with E-state index in [1.54, 1.807) is 6.08 Å². The van der Waals surface area contributed by atoms with Gasteiger partial charge in [0, 0.05) is 6.42 Å². The molecule has 14 heteroatoms. The maximum Gasteiger partial charge on any atom is 0.220 e. The number of carbonyl (C=O) groups is 1. The van der Waals surface area contributed by atoms with Crippen LogP contribution in [-0.4, -0.2) is 140 Å². The van der Waals surface area contributed by atoms with Crippen molar-refractivity contribution in [2.24, 2.45) is 0 Å². The molecule has 0 aromatic heterocycles. The molecule has 9 N–H and O–H groups in total. The number of hydrogen-bond acceptors (Lipinski definition) is 13. The number of aliphatic hydroxyl groups is 8. The van der Waals surface area contributed by atoms with Gasteiger partial charge in [0.2, 0.25) is 5.91 Å². The Morgan fingerprint density at radius 2 is 0.788 bits per heavy atom. The molecule has 2 rings (SSSR count). The van der Waals surface area contributed by atoms with E-state index in [0.717, 1.165) is 38.5 Å². The van der Waals surface area contributed by atoms with E-state index in [-0.39, 0.29) is 18.9 Å². The van der Waals surface area contributed by atoms with Crippen LogP contribution in [0.3, 0.4) is 0 Å². The lowest BCUT2D eigenvalue weighted by atomic mass is 9.97. The summed E-state index contributed by atoms with van der Waals surface area (Å²) in [4.78, 5) is 13.3. The molecule has 2 heterocycles. The first-order chi connectivity index (χ1) is 41.6. The van der Waals surface area contributed by atoms with Crippen molar-refractivity contribution in [3.8, 4) is 0 Å². The minimum absolute atomic E-state index is 0.245. The van der Waals surface area contributed by atoms with Crippen LogP contribution in [0.15, 0.2) is 48.6 Å². The third-order valence-electron chi connectivity index (χ3n) is 17.2. The molecule has 0 aromatic rings. The fourth-order valence-electron chi connectivity index (χ4n) is 11.6. The lowest BCUT2D eigenvalue weighted by Crippen LogP contribution is -2.65. The van der Waals surface area contributed by atoms with E-state index in [4.69, 9.17) is 18.9 Å². The van der Waals surface area contributed by atoms with Crippen LogP contribution in [0.2, 0.25) is 0 Å². The highest BCUT2D eigenvalue weighted by atomic mass is 16.7. The summed E-state index contributed by atoms with van der Waals surface area (Å²) in [5.74, 6) is -0.245. The Balaban J connectivity index is 1.68. The number of amides is 1. The van der Waals surface area contributed by atoms with Crippen LogP contribution in [-0.2, 0) is 23.7 Å². The van der Waals surface area contributed by atoms with Gasteiger partial charge in [-0.15, -0.1) is 0 Å². The molecule has 0 radical (unpaired) electrons. The van der Waals surface area contributed by atoms with Gasteiger partial charge in [0.05, 0.1) is 32.0 Å². The van der Waals surface area contributed by atoms with Crippen molar-refractivity contribution in [3.05, 3.63) is 48.6 Å². The predicted octanol–water partition coefficient (Wildman–Crippen LogP) is 14.3. The number of unbranched alkanes of at least 4 members (excludes halogenated alkanes) is 39. The number of hydrogen-bond donors (Lipinski definition) is 9. The Morgan fingerprint density at radius 1 is 0.424 bits per heavy atom. The van der Waals surface area contributed by atoms with E-state index in [1.165, 1.54) is 231 Å². The number of ether oxygens (including phenoxy) is 4. The third kappa shape index (κ3) is 40.3. The fourth-order valence-corrected chi connectivity index (χ4v) is 11.6. The lowest BCUT2D eigenvalue weighted by molar-refractivity contribution is -0.359. The van der Waals surface area contributed by atoms with Crippen molar-refractivity contribution < 1.29 is 64.6 Å². The Bertz CT molecular complexity index is 1610. The SMILES string of the molecule is CCCCCCC/C=C\C/C=C\CCCCCCCCCCCCCCCCCCCC(=O)NC(COC1OC(CO)C(OC2OC(CO)C(O)C(O)C2O)C(O)C1O)C(O)/C=C/CC/C=C/CCCCCCCCCCCCCCCCCC. The molecule has 0 saturated carbocycles. The summed E-state index contributed by atoms with van der Waals surface area (Å²) in [6.07, 6.45) is 56.0. The molecule has 12 unspecified atom stereocenters. The molecule has 498 valence electrons. The number of nitrogens with one attached hydrogen (secondary N) is 1. The van der Waals surface area contributed by atoms with Crippen molar-refractivity contribution in [1.82, 2.24) is 5.32 Å². The van der Waals surface area contributed by atoms with Crippen molar-refractivity contribution in [2.75, 3.05) is 19.8 Å². The highest BCUT2D eigenvalue weighted by Gasteiger charge is 2.51. The van der Waals surface area contributed by atoms with E-state index in [0.29, 0.717) is 12.8 Å². The topological polar surface area (TPSA) is 228 Å². The average Bonchev–Trinajstić information content (AvgIpc) is 3.69. The summed E-state index contributed by atoms with van der Waals surface area (Å²) < 4.78 is 22.8. The zero-order valence-corrected chi connectivity index (χ0v) is 54.1. The van der Waals surface area contributed by atoms with Crippen molar-refractivity contribution in [3.63, 3.8) is 0 Å². The van der Waals surface area contributed by atoms with E-state index in [9.17, 15) is 45.6 Å². The molecule has 85 heavy (non-hydrogen) atoms. The molecule has 0 aromatic carbocycles. The zero-order valence-electron chi connectivity index (χ0n) is 54.1. The molecule has 2 saturated heterocycles. The highest BCUT2D eigenvalue weighted by molar-refractivity contribution is 5.76. The summed E-state index contributed by atoms with van der Waals surface area (Å²) in [7, 11) is 0. The number of rotatable bonds is 58. The van der Waals surface area contributed by atoms with Crippen LogP contribution in [0.1, 0.15) is 303 Å². The van der Waals surface area contributed by atoms with Crippen molar-refractivity contribution in [2.45, 2.75) is 376 Å². The lowest BCUT2D eigenvalue weighted by Gasteiger charge is -2.46. The zero-order chi connectivity index (χ0) is 61.6. The van der Waals surface area contributed by atoms with E-state index < -0.39 is 86.8 Å². The molecule has 2 aliphatic heterocycles. The monoisotopic (exact) mass is 1210 g/mol. The first kappa shape index (κ1) is 79.0. The summed E-state index contributed by atoms with van der Waals surface area (Å²) >= 11 is 0. The van der Waals surface area contributed by atoms with Crippen molar-refractivity contribution in [1.29, 1.82) is 0 Å². The van der Waals surface area contributed by atoms with Crippen LogP contribution in [0.5, 0.6) is 0 Å². The summed E-state index contributed by atoms with van der Waals surface area (Å²) in [5, 5.41) is 87.4. The average molecular weight is 1210 g/mol. The Kier molecular flexibility index (Phi) is 52.1. The maximum atomic E-state index is 13.3. The number of aliphatic hydroxyl groups excluding tert-OH is 8. The van der Waals surface area contributed by atoms with Gasteiger partial charge in [-0.25, -0.2) is 0 Å². The smallest absolute Gasteiger partial charge is 0.220 e. The van der Waals surface area contributed by atoms with Gasteiger partial charge in [0.15, 0.2) is 12.6 Å². The Hall–Kier alpha value is -2.05. The molecule has 0 spiro atoms. The fraction of sp³-hybridized carbons (Fsp3) is 0.873. The van der Waals surface area contributed by atoms with E-state index in [2.05, 4.69) is 55.6 Å². The van der Waals surface area contributed by atoms with Gasteiger partial charge in [-0.2, -0.15) is 0 Å². The largest absolute Gasteiger partial charge is 0.394 e. The molecule has 0 bridgehead atoms. The first-order valence-electron chi connectivity index (χ1n) is 35.4. The van der Waals surface area contributed by atoms with Gasteiger partial charge in [-0.05, 0) is 64.2 Å². The van der Waals surface area contributed by atoms with Crippen molar-refractivity contribution >= 4 is 5.91 Å². The molecule has 14 nitrogen and oxygen atoms in total. The summed E-state index contributed by atoms with van der Waals surface area (Å²) in [5.41, 5.74) is 0. The highest BCUT2D eigenvalue weighted by Crippen LogP contribution is 2.30. The molecule has 1 amide bonds. The molecule has 12 atom stereocenters. The van der Waals surface area contributed by atoms with E-state index in [1.807, 2.05) is 6.08 Å². The van der Waals surface area contributed by atoms with Crippen LogP contribution >= 0.6 is 0 Å². The minimum Gasteiger partial charge on any atom is -0.394 e. The maximum absolute atomic E-state index is 13.3. The van der Waals surface area contributed by atoms with Gasteiger partial charge >= 0.3 is 0 Å². The van der Waals surface area contributed by atoms with Crippen LogP contribution in [0.4, 0.5) is 0 Å². The standard InChI is InChI=1S/C71H131NO13/c1-3-5-7-9-11-13-15-17-19-21-23-25-27-28-29-30-31-32-33-35-37-39-41-43-45-47-49-51-53-55-63(76)72-59(58-82-70-68(81)66(79)69(62(57-74)84-70)85-71-67(80)65(78)64(77)61(56-73)83-71)60(75)54-52-50-48-46-44-42-40-38-36-34-26-24-22-20-18-16-14-12-10-8-6-4-2/h15,17,21,23,44,46,52,54,59-62,64-71,73-75,77-81H,3-14,16,18-20,22,24-43,45,47-51,53,55-58H2,1-2H3,(H,72,76)/b17-15-,23-21-,46-44+,54-52+. The normalized spacial score (nSPS) is 23.8. The molecular weight excluding hydrogens is 1070 g/mol. The molecule has 2 fully saturated rings. The summed E-state index contributed by atoms with van der Waals surface area (Å²) in [6, 6.07) is -0.932. The first-order valence-corrected chi connectivity index (χ1v) is 35.4. The summed E-state index contributed by atoms with van der Waals surface area (Å²) in [6.45, 7) is 2.81. The predicted molar refractivity (Wildman–Crippen MR) is 346 cm³/mol. The second-order valence-electron chi connectivity index (χ2n) is 25.0. The molecule has 2 aliphatic rings. The van der Waals surface area contributed by atoms with Gasteiger partial charge in [0.25, 0.3) is 0 Å². The second-order valence-corrected chi connectivity index (χ2v) is 25.0. The van der Waals surface area contributed by atoms with Crippen LogP contribution in [0, 0.1) is 0 Å². The van der Waals surface area contributed by atoms with Gasteiger partial charge in [0.1, 0.15) is 48.8 Å². The Morgan fingerprint density at radius 3 is 1.22 bits per heavy atom. The number of allylic oxidation sites excluding steroid dienone is 7. The Labute approximate surface area is 518 Å². The van der Waals surface area contributed by atoms with E-state index >= 15 is 0 Å². The van der Waals surface area contributed by atoms with Crippen LogP contribution < -0.4 is 5.32 Å². The molecular formula is C71H131NO13.